The summed E-state index contributed by atoms with van der Waals surface area (Å²) in [6, 6.07) is 17.5. The first kappa shape index (κ1) is 53.3. The molecule has 0 aliphatic carbocycles. The Morgan fingerprint density at radius 2 is 0.544 bits per heavy atom. The number of aryl methyl sites for hydroxylation is 2. The minimum Gasteiger partial charge on any atom is -0.255 e. The summed E-state index contributed by atoms with van der Waals surface area (Å²) in [6.45, 7) is 4.61. The second kappa shape index (κ2) is 42.4. The van der Waals surface area contributed by atoms with Crippen molar-refractivity contribution in [3.8, 4) is 0 Å². The summed E-state index contributed by atoms with van der Waals surface area (Å²) >= 11 is 0. The van der Waals surface area contributed by atoms with E-state index in [-0.39, 0.29) is 16.5 Å². The van der Waals surface area contributed by atoms with E-state index in [1.807, 2.05) is 12.4 Å². The molecule has 0 radical (unpaired) electrons. The maximum atomic E-state index is 4.69. The van der Waals surface area contributed by atoms with E-state index >= 15 is 0 Å². The Morgan fingerprint density at radius 3 is 0.789 bits per heavy atom. The molecule has 0 saturated heterocycles. The van der Waals surface area contributed by atoms with Crippen LogP contribution in [0.3, 0.4) is 0 Å². The Hall–Kier alpha value is -1.73. The average Bonchev–Trinajstić information content (AvgIpc) is 3.22. The van der Waals surface area contributed by atoms with E-state index in [4.69, 9.17) is 0 Å². The quantitative estimate of drug-likeness (QED) is 0.0362. The van der Waals surface area contributed by atoms with Crippen molar-refractivity contribution < 1.29 is 16.5 Å². The molecule has 0 atom stereocenters. The van der Waals surface area contributed by atoms with Crippen molar-refractivity contribution in [2.75, 3.05) is 0 Å². The van der Waals surface area contributed by atoms with E-state index in [1.165, 1.54) is 242 Å². The molecule has 0 fully saturated rings. The van der Waals surface area contributed by atoms with Gasteiger partial charge in [0.25, 0.3) is 0 Å². The van der Waals surface area contributed by atoms with Gasteiger partial charge in [-0.15, -0.1) is 0 Å². The molecule has 0 bridgehead atoms. The van der Waals surface area contributed by atoms with Gasteiger partial charge in [0.15, 0.2) is 0 Å². The number of aliphatic imine (C=N–C) groups is 2. The Labute approximate surface area is 366 Å². The van der Waals surface area contributed by atoms with Gasteiger partial charge in [0.05, 0.1) is 11.4 Å². The molecule has 0 saturated carbocycles. The van der Waals surface area contributed by atoms with E-state index in [0.717, 1.165) is 24.2 Å². The van der Waals surface area contributed by atoms with Crippen molar-refractivity contribution in [3.63, 3.8) is 0 Å². The largest absolute Gasteiger partial charge is 0.255 e. The predicted molar refractivity (Wildman–Crippen MR) is 254 cm³/mol. The van der Waals surface area contributed by atoms with Gasteiger partial charge in [0.2, 0.25) is 0 Å². The number of unbranched alkanes of at least 4 members (excludes halogenated alkanes) is 34. The molecule has 0 amide bonds. The first-order chi connectivity index (χ1) is 27.8. The maximum Gasteiger partial charge on any atom is 0.0633 e. The number of hydrogen-bond acceptors (Lipinski definition) is 2. The predicted octanol–water partition coefficient (Wildman–Crippen LogP) is 19.0. The molecule has 2 rings (SSSR count). The molecule has 328 valence electrons. The van der Waals surface area contributed by atoms with Crippen molar-refractivity contribution in [1.82, 2.24) is 0 Å². The molecule has 0 N–H and O–H groups in total. The molecule has 2 nitrogen and oxygen atoms in total. The second-order valence-electron chi connectivity index (χ2n) is 17.4. The van der Waals surface area contributed by atoms with Gasteiger partial charge in [-0.1, -0.05) is 256 Å². The third-order valence-corrected chi connectivity index (χ3v) is 12.0. The van der Waals surface area contributed by atoms with Crippen LogP contribution in [-0.2, 0) is 29.3 Å². The second-order valence-corrected chi connectivity index (χ2v) is 17.4. The van der Waals surface area contributed by atoms with Gasteiger partial charge in [-0.25, -0.2) is 0 Å². The van der Waals surface area contributed by atoms with Crippen LogP contribution >= 0.6 is 0 Å². The fourth-order valence-corrected chi connectivity index (χ4v) is 8.28. The first-order valence-corrected chi connectivity index (χ1v) is 25.1. The zero-order valence-corrected chi connectivity index (χ0v) is 38.8. The van der Waals surface area contributed by atoms with Crippen LogP contribution in [-0.4, -0.2) is 12.4 Å². The summed E-state index contributed by atoms with van der Waals surface area (Å²) in [4.78, 5) is 9.38. The van der Waals surface area contributed by atoms with Crippen molar-refractivity contribution in [2.45, 2.75) is 258 Å². The Bertz CT molecular complexity index is 1080. The van der Waals surface area contributed by atoms with E-state index in [0.29, 0.717) is 0 Å². The van der Waals surface area contributed by atoms with Crippen LogP contribution in [0.2, 0.25) is 0 Å². The van der Waals surface area contributed by atoms with E-state index in [1.54, 1.807) is 0 Å². The number of rotatable bonds is 41. The van der Waals surface area contributed by atoms with Crippen LogP contribution in [0.4, 0.5) is 11.4 Å². The Kier molecular flexibility index (Phi) is 39.6. The zero-order valence-electron chi connectivity index (χ0n) is 37.9. The summed E-state index contributed by atoms with van der Waals surface area (Å²) in [7, 11) is 0. The first-order valence-electron chi connectivity index (χ1n) is 25.1. The molecule has 2 aromatic rings. The van der Waals surface area contributed by atoms with E-state index in [2.05, 4.69) is 72.4 Å². The molecule has 3 heteroatoms. The molecule has 0 aromatic heterocycles. The number of nitrogens with zero attached hydrogens (tertiary/aromatic N) is 2. The smallest absolute Gasteiger partial charge is 0.0633 e. The van der Waals surface area contributed by atoms with Gasteiger partial charge in [-0.05, 0) is 61.1 Å². The van der Waals surface area contributed by atoms with Crippen molar-refractivity contribution in [2.24, 2.45) is 9.98 Å². The van der Waals surface area contributed by atoms with Gasteiger partial charge in [-0.3, -0.25) is 9.98 Å². The minimum atomic E-state index is 0. The van der Waals surface area contributed by atoms with Crippen molar-refractivity contribution in [1.29, 1.82) is 0 Å². The van der Waals surface area contributed by atoms with Gasteiger partial charge in [-0.2, -0.15) is 0 Å². The van der Waals surface area contributed by atoms with Crippen LogP contribution in [0.1, 0.15) is 256 Å². The molecular formula is C54H92N2Ni. The fourth-order valence-electron chi connectivity index (χ4n) is 8.28. The minimum absolute atomic E-state index is 0. The maximum absolute atomic E-state index is 4.69. The van der Waals surface area contributed by atoms with Gasteiger partial charge in [0, 0.05) is 28.9 Å². The summed E-state index contributed by atoms with van der Waals surface area (Å²) in [5.74, 6) is 0. The van der Waals surface area contributed by atoms with Gasteiger partial charge in [0.1, 0.15) is 0 Å². The summed E-state index contributed by atoms with van der Waals surface area (Å²) in [5.41, 5.74) is 4.86. The Balaban J connectivity index is 0.0000162. The van der Waals surface area contributed by atoms with Crippen LogP contribution in [0.25, 0.3) is 0 Å². The van der Waals surface area contributed by atoms with Crippen LogP contribution < -0.4 is 0 Å². The summed E-state index contributed by atoms with van der Waals surface area (Å²) < 4.78 is 0. The number of benzene rings is 2. The summed E-state index contributed by atoms with van der Waals surface area (Å²) in [5, 5.41) is 0. The molecule has 0 unspecified atom stereocenters. The van der Waals surface area contributed by atoms with E-state index in [9.17, 15) is 0 Å². The zero-order chi connectivity index (χ0) is 39.7. The number of hydrogen-bond donors (Lipinski definition) is 0. The normalized spacial score (nSPS) is 11.6. The molecule has 2 aromatic carbocycles. The van der Waals surface area contributed by atoms with Crippen LogP contribution in [0.15, 0.2) is 58.5 Å². The van der Waals surface area contributed by atoms with Crippen LogP contribution in [0.5, 0.6) is 0 Å². The Morgan fingerprint density at radius 1 is 0.316 bits per heavy atom. The average molecular weight is 828 g/mol. The third-order valence-electron chi connectivity index (χ3n) is 12.0. The van der Waals surface area contributed by atoms with E-state index < -0.39 is 0 Å². The standard InChI is InChI=1S/C54H92N2.Ni/c1-3-5-7-9-11-13-15-17-19-21-23-25-27-29-31-33-35-37-41-51-43-39-45-53(49-51)55-47-48-56-54-46-40-44-52(50-54)42-38-36-34-32-30-28-26-24-22-20-18-16-14-12-10-8-6-4-2;/h39-40,43-50H,3-38,41-42H2,1-2H3;. The third kappa shape index (κ3) is 34.8. The summed E-state index contributed by atoms with van der Waals surface area (Å²) in [6.07, 6.45) is 57.3. The monoisotopic (exact) mass is 827 g/mol. The molecule has 0 aliphatic heterocycles. The SMILES string of the molecule is CCCCCCCCCCCCCCCCCCCCc1cccc(N=CC=Nc2cccc(CCCCCCCCCCCCCCCCCCCC)c2)c1.[Ni]. The fraction of sp³-hybridized carbons (Fsp3) is 0.741. The molecule has 0 aliphatic rings. The molecular weight excluding hydrogens is 735 g/mol. The van der Waals surface area contributed by atoms with Gasteiger partial charge < -0.3 is 0 Å². The molecule has 0 heterocycles. The van der Waals surface area contributed by atoms with Crippen molar-refractivity contribution in [3.05, 3.63) is 59.7 Å². The molecule has 57 heavy (non-hydrogen) atoms. The van der Waals surface area contributed by atoms with Crippen molar-refractivity contribution >= 4 is 23.8 Å². The van der Waals surface area contributed by atoms with Crippen LogP contribution in [0, 0.1) is 0 Å². The topological polar surface area (TPSA) is 24.7 Å². The van der Waals surface area contributed by atoms with Gasteiger partial charge >= 0.3 is 0 Å². The molecule has 0 spiro atoms.